The number of nitrogens with zero attached hydrogens (tertiary/aromatic N) is 1. The molecular weight excluding hydrogens is 142 g/mol. The van der Waals surface area contributed by atoms with E-state index in [1.165, 1.54) is 32.1 Å². The summed E-state index contributed by atoms with van der Waals surface area (Å²) in [5.41, 5.74) is 0. The van der Waals surface area contributed by atoms with Crippen molar-refractivity contribution in [2.24, 2.45) is 0 Å². The third kappa shape index (κ3) is 2.43. The molecule has 0 radical (unpaired) electrons. The van der Waals surface area contributed by atoms with Gasteiger partial charge in [-0.2, -0.15) is 0 Å². The van der Waals surface area contributed by atoms with Gasteiger partial charge in [-0.1, -0.05) is 24.5 Å². The Morgan fingerprint density at radius 2 is 1.55 bits per heavy atom. The fourth-order valence-corrected chi connectivity index (χ4v) is 1.66. The summed E-state index contributed by atoms with van der Waals surface area (Å²) in [5, 5.41) is 1.61. The van der Waals surface area contributed by atoms with Crippen molar-refractivity contribution in [1.82, 2.24) is 5.23 Å². The Bertz CT molecular complexity index is 98.3. The SMILES string of the molecule is CON(OC)C1CCCCC1. The molecule has 3 heteroatoms. The van der Waals surface area contributed by atoms with E-state index in [1.807, 2.05) is 0 Å². The Hall–Kier alpha value is -0.120. The van der Waals surface area contributed by atoms with Crippen LogP contribution in [0.3, 0.4) is 0 Å². The molecule has 1 aliphatic rings. The molecule has 0 aliphatic heterocycles. The van der Waals surface area contributed by atoms with Gasteiger partial charge in [0.1, 0.15) is 0 Å². The maximum absolute atomic E-state index is 5.05. The van der Waals surface area contributed by atoms with Gasteiger partial charge in [0, 0.05) is 0 Å². The van der Waals surface area contributed by atoms with E-state index >= 15 is 0 Å². The minimum absolute atomic E-state index is 0.471. The van der Waals surface area contributed by atoms with Gasteiger partial charge in [-0.05, 0) is 12.8 Å². The highest BCUT2D eigenvalue weighted by atomic mass is 16.9. The van der Waals surface area contributed by atoms with Crippen molar-refractivity contribution in [2.45, 2.75) is 38.1 Å². The molecule has 0 aromatic heterocycles. The minimum Gasteiger partial charge on any atom is -0.277 e. The summed E-state index contributed by atoms with van der Waals surface area (Å²) in [6.45, 7) is 0. The van der Waals surface area contributed by atoms with E-state index in [1.54, 1.807) is 19.4 Å². The van der Waals surface area contributed by atoms with Gasteiger partial charge in [0.2, 0.25) is 0 Å². The van der Waals surface area contributed by atoms with E-state index in [0.717, 1.165) is 0 Å². The van der Waals surface area contributed by atoms with Gasteiger partial charge in [-0.3, -0.25) is 9.68 Å². The standard InChI is InChI=1S/C8H17NO2/c1-10-9(11-2)8-6-4-3-5-7-8/h8H,3-7H2,1-2H3. The molecule has 66 valence electrons. The Kier molecular flexibility index (Phi) is 3.83. The normalized spacial score (nSPS) is 21.0. The van der Waals surface area contributed by atoms with Crippen LogP contribution in [0, 0.1) is 0 Å². The minimum atomic E-state index is 0.471. The molecule has 0 aromatic rings. The van der Waals surface area contributed by atoms with Crippen molar-refractivity contribution in [2.75, 3.05) is 14.2 Å². The number of hydrogen-bond donors (Lipinski definition) is 0. The maximum Gasteiger partial charge on any atom is 0.0628 e. The van der Waals surface area contributed by atoms with Crippen LogP contribution >= 0.6 is 0 Å². The Balaban J connectivity index is 2.30. The van der Waals surface area contributed by atoms with Crippen molar-refractivity contribution in [1.29, 1.82) is 0 Å². The second-order valence-electron chi connectivity index (χ2n) is 2.94. The molecule has 0 bridgehead atoms. The van der Waals surface area contributed by atoms with Gasteiger partial charge < -0.3 is 0 Å². The third-order valence-electron chi connectivity index (χ3n) is 2.23. The lowest BCUT2D eigenvalue weighted by Gasteiger charge is -2.29. The van der Waals surface area contributed by atoms with Gasteiger partial charge in [0.15, 0.2) is 0 Å². The Morgan fingerprint density at radius 3 is 2.00 bits per heavy atom. The molecule has 0 aromatic carbocycles. The molecule has 0 saturated heterocycles. The first-order valence-electron chi connectivity index (χ1n) is 4.26. The van der Waals surface area contributed by atoms with Crippen LogP contribution < -0.4 is 0 Å². The van der Waals surface area contributed by atoms with E-state index in [2.05, 4.69) is 0 Å². The van der Waals surface area contributed by atoms with Crippen molar-refractivity contribution >= 4 is 0 Å². The van der Waals surface area contributed by atoms with Gasteiger partial charge >= 0.3 is 0 Å². The largest absolute Gasteiger partial charge is 0.277 e. The molecule has 1 rings (SSSR count). The first-order valence-corrected chi connectivity index (χ1v) is 4.26. The second kappa shape index (κ2) is 4.70. The fourth-order valence-electron chi connectivity index (χ4n) is 1.66. The number of rotatable bonds is 3. The highest BCUT2D eigenvalue weighted by Gasteiger charge is 2.20. The molecule has 11 heavy (non-hydrogen) atoms. The van der Waals surface area contributed by atoms with Gasteiger partial charge in [-0.15, -0.1) is 0 Å². The quantitative estimate of drug-likeness (QED) is 0.585. The molecule has 1 aliphatic carbocycles. The summed E-state index contributed by atoms with van der Waals surface area (Å²) in [6, 6.07) is 0.471. The van der Waals surface area contributed by atoms with Crippen LogP contribution in [0.5, 0.6) is 0 Å². The van der Waals surface area contributed by atoms with E-state index in [0.29, 0.717) is 6.04 Å². The van der Waals surface area contributed by atoms with Crippen LogP contribution in [0.25, 0.3) is 0 Å². The van der Waals surface area contributed by atoms with Crippen LogP contribution in [0.2, 0.25) is 0 Å². The van der Waals surface area contributed by atoms with E-state index in [4.69, 9.17) is 9.68 Å². The summed E-state index contributed by atoms with van der Waals surface area (Å²) in [5.74, 6) is 0. The molecule has 0 N–H and O–H groups in total. The van der Waals surface area contributed by atoms with Crippen LogP contribution in [0.4, 0.5) is 0 Å². The molecule has 1 saturated carbocycles. The van der Waals surface area contributed by atoms with Crippen LogP contribution in [0.1, 0.15) is 32.1 Å². The smallest absolute Gasteiger partial charge is 0.0628 e. The van der Waals surface area contributed by atoms with Crippen LogP contribution in [0.15, 0.2) is 0 Å². The third-order valence-corrected chi connectivity index (χ3v) is 2.23. The zero-order chi connectivity index (χ0) is 8.10. The molecule has 0 atom stereocenters. The summed E-state index contributed by atoms with van der Waals surface area (Å²) in [6.07, 6.45) is 6.35. The highest BCUT2D eigenvalue weighted by Crippen LogP contribution is 2.22. The van der Waals surface area contributed by atoms with Crippen molar-refractivity contribution in [3.63, 3.8) is 0 Å². The second-order valence-corrected chi connectivity index (χ2v) is 2.94. The fraction of sp³-hybridized carbons (Fsp3) is 1.00. The van der Waals surface area contributed by atoms with E-state index in [-0.39, 0.29) is 0 Å². The lowest BCUT2D eigenvalue weighted by atomic mass is 9.96. The zero-order valence-corrected chi connectivity index (χ0v) is 7.38. The topological polar surface area (TPSA) is 21.7 Å². The molecule has 0 amide bonds. The first kappa shape index (κ1) is 8.97. The molecular formula is C8H17NO2. The van der Waals surface area contributed by atoms with Crippen molar-refractivity contribution in [3.8, 4) is 0 Å². The van der Waals surface area contributed by atoms with Gasteiger partial charge in [0.05, 0.1) is 20.3 Å². The van der Waals surface area contributed by atoms with Crippen molar-refractivity contribution < 1.29 is 9.68 Å². The van der Waals surface area contributed by atoms with Gasteiger partial charge in [0.25, 0.3) is 0 Å². The Morgan fingerprint density at radius 1 is 1.00 bits per heavy atom. The zero-order valence-electron chi connectivity index (χ0n) is 7.38. The lowest BCUT2D eigenvalue weighted by molar-refractivity contribution is -0.367. The van der Waals surface area contributed by atoms with E-state index < -0.39 is 0 Å². The highest BCUT2D eigenvalue weighted by molar-refractivity contribution is 4.67. The molecule has 0 unspecified atom stereocenters. The molecule has 0 heterocycles. The lowest BCUT2D eigenvalue weighted by Crippen LogP contribution is -2.34. The van der Waals surface area contributed by atoms with E-state index in [9.17, 15) is 0 Å². The maximum atomic E-state index is 5.05. The summed E-state index contributed by atoms with van der Waals surface area (Å²) < 4.78 is 0. The number of hydrogen-bond acceptors (Lipinski definition) is 3. The first-order chi connectivity index (χ1) is 5.38. The average molecular weight is 159 g/mol. The predicted molar refractivity (Wildman–Crippen MR) is 42.7 cm³/mol. The summed E-state index contributed by atoms with van der Waals surface area (Å²) >= 11 is 0. The number of hydroxylamine groups is 2. The predicted octanol–water partition coefficient (Wildman–Crippen LogP) is 1.74. The van der Waals surface area contributed by atoms with Crippen molar-refractivity contribution in [3.05, 3.63) is 0 Å². The molecule has 3 nitrogen and oxygen atoms in total. The van der Waals surface area contributed by atoms with Crippen LogP contribution in [-0.2, 0) is 9.68 Å². The average Bonchev–Trinajstić information content (AvgIpc) is 2.09. The Labute approximate surface area is 68.2 Å². The summed E-state index contributed by atoms with van der Waals surface area (Å²) in [7, 11) is 3.30. The molecule has 0 spiro atoms. The summed E-state index contributed by atoms with van der Waals surface area (Å²) in [4.78, 5) is 10.1. The molecule has 1 fully saturated rings. The monoisotopic (exact) mass is 159 g/mol. The van der Waals surface area contributed by atoms with Gasteiger partial charge in [-0.25, -0.2) is 0 Å². The van der Waals surface area contributed by atoms with Crippen LogP contribution in [-0.4, -0.2) is 25.5 Å².